The number of amides is 3. The van der Waals surface area contributed by atoms with E-state index in [1.807, 2.05) is 0 Å². The second-order valence-electron chi connectivity index (χ2n) is 9.54. The monoisotopic (exact) mass is 467 g/mol. The summed E-state index contributed by atoms with van der Waals surface area (Å²) in [5.74, 6) is -0.268. The first-order chi connectivity index (χ1) is 16.2. The highest BCUT2D eigenvalue weighted by atomic mass is 19.1. The van der Waals surface area contributed by atoms with Crippen molar-refractivity contribution in [2.75, 3.05) is 29.9 Å². The summed E-state index contributed by atoms with van der Waals surface area (Å²) in [5.41, 5.74) is -0.153. The molecule has 34 heavy (non-hydrogen) atoms. The highest BCUT2D eigenvalue weighted by Crippen LogP contribution is 2.37. The molecule has 2 saturated heterocycles. The summed E-state index contributed by atoms with van der Waals surface area (Å²) < 4.78 is 24.8. The maximum atomic E-state index is 13.3. The Bertz CT molecular complexity index is 1170. The number of anilines is 2. The van der Waals surface area contributed by atoms with Gasteiger partial charge >= 0.3 is 6.09 Å². The number of rotatable bonds is 2. The van der Waals surface area contributed by atoms with Crippen molar-refractivity contribution in [1.82, 2.24) is 4.90 Å². The molecular formula is C25H26FN3O5. The highest BCUT2D eigenvalue weighted by Gasteiger charge is 2.46. The van der Waals surface area contributed by atoms with E-state index >= 15 is 0 Å². The summed E-state index contributed by atoms with van der Waals surface area (Å²) >= 11 is 0. The van der Waals surface area contributed by atoms with Crippen LogP contribution in [0.25, 0.3) is 0 Å². The van der Waals surface area contributed by atoms with Crippen LogP contribution in [-0.2, 0) is 9.53 Å². The fraction of sp³-hybridized carbons (Fsp3) is 0.400. The van der Waals surface area contributed by atoms with E-state index < -0.39 is 17.3 Å². The molecule has 1 N–H and O–H groups in total. The Kier molecular flexibility index (Phi) is 5.22. The zero-order chi connectivity index (χ0) is 24.1. The number of hydrogen-bond acceptors (Lipinski definition) is 5. The molecule has 178 valence electrons. The first-order valence-electron chi connectivity index (χ1n) is 11.4. The largest absolute Gasteiger partial charge is 0.476 e. The van der Waals surface area contributed by atoms with Crippen LogP contribution in [0.3, 0.4) is 0 Å². The lowest BCUT2D eigenvalue weighted by atomic mass is 9.95. The molecule has 0 radical (unpaired) electrons. The van der Waals surface area contributed by atoms with Gasteiger partial charge in [0.2, 0.25) is 0 Å². The Morgan fingerprint density at radius 2 is 1.79 bits per heavy atom. The van der Waals surface area contributed by atoms with Gasteiger partial charge in [-0.2, -0.15) is 0 Å². The maximum Gasteiger partial charge on any atom is 0.415 e. The zero-order valence-electron chi connectivity index (χ0n) is 19.1. The molecule has 3 heterocycles. The van der Waals surface area contributed by atoms with Gasteiger partial charge in [-0.1, -0.05) is 0 Å². The molecule has 0 aliphatic carbocycles. The van der Waals surface area contributed by atoms with E-state index in [1.165, 1.54) is 17.0 Å². The lowest BCUT2D eigenvalue weighted by molar-refractivity contribution is -0.129. The standard InChI is InChI=1S/C25H26FN3O5/c1-24(2)22(31)27-19-14-16(4-9-20(19)33-24)21(30)28-12-3-10-25(11-13-28)15-29(23(32)34-25)18-7-5-17(26)6-8-18/h4-9,14H,3,10-13,15H2,1-2H3,(H,27,31)/t25-/m0/s1. The number of ether oxygens (including phenoxy) is 2. The van der Waals surface area contributed by atoms with Gasteiger partial charge in [0.25, 0.3) is 11.8 Å². The molecule has 0 saturated carbocycles. The van der Waals surface area contributed by atoms with Crippen molar-refractivity contribution in [2.45, 2.75) is 44.3 Å². The van der Waals surface area contributed by atoms with E-state index in [9.17, 15) is 18.8 Å². The molecule has 2 fully saturated rings. The number of nitrogens with one attached hydrogen (secondary N) is 1. The van der Waals surface area contributed by atoms with Crippen LogP contribution in [0.1, 0.15) is 43.5 Å². The van der Waals surface area contributed by atoms with Crippen molar-refractivity contribution in [2.24, 2.45) is 0 Å². The smallest absolute Gasteiger partial charge is 0.415 e. The number of carbonyl (C=O) groups excluding carboxylic acids is 3. The quantitative estimate of drug-likeness (QED) is 0.723. The molecule has 0 aromatic heterocycles. The van der Waals surface area contributed by atoms with Gasteiger partial charge < -0.3 is 19.7 Å². The third-order valence-electron chi connectivity index (χ3n) is 6.68. The first-order valence-corrected chi connectivity index (χ1v) is 11.4. The van der Waals surface area contributed by atoms with Crippen molar-refractivity contribution < 1.29 is 28.2 Å². The molecule has 2 aromatic carbocycles. The van der Waals surface area contributed by atoms with Gasteiger partial charge in [0.15, 0.2) is 5.60 Å². The van der Waals surface area contributed by atoms with Crippen molar-refractivity contribution in [3.8, 4) is 5.75 Å². The van der Waals surface area contributed by atoms with Crippen molar-refractivity contribution in [3.63, 3.8) is 0 Å². The molecule has 5 rings (SSSR count). The fourth-order valence-corrected chi connectivity index (χ4v) is 4.70. The van der Waals surface area contributed by atoms with Gasteiger partial charge in [0, 0.05) is 30.8 Å². The van der Waals surface area contributed by atoms with Crippen LogP contribution < -0.4 is 15.0 Å². The van der Waals surface area contributed by atoms with Crippen LogP contribution in [0, 0.1) is 5.82 Å². The van der Waals surface area contributed by atoms with E-state index in [0.29, 0.717) is 61.6 Å². The van der Waals surface area contributed by atoms with E-state index in [1.54, 1.807) is 49.1 Å². The van der Waals surface area contributed by atoms with E-state index in [0.717, 1.165) is 0 Å². The third-order valence-corrected chi connectivity index (χ3v) is 6.68. The fourth-order valence-electron chi connectivity index (χ4n) is 4.70. The average molecular weight is 467 g/mol. The number of halogens is 1. The number of carbonyl (C=O) groups is 3. The molecule has 0 bridgehead atoms. The van der Waals surface area contributed by atoms with Gasteiger partial charge in [0.1, 0.15) is 17.2 Å². The lowest BCUT2D eigenvalue weighted by Gasteiger charge is -2.32. The van der Waals surface area contributed by atoms with Crippen LogP contribution in [0.2, 0.25) is 0 Å². The SMILES string of the molecule is CC1(C)Oc2ccc(C(=O)N3CCC[C@]4(CC3)CN(c3ccc(F)cc3)C(=O)O4)cc2NC1=O. The lowest BCUT2D eigenvalue weighted by Crippen LogP contribution is -2.45. The Morgan fingerprint density at radius 1 is 1.03 bits per heavy atom. The number of benzene rings is 2. The molecule has 9 heteroatoms. The summed E-state index contributed by atoms with van der Waals surface area (Å²) in [6.07, 6.45) is 1.35. The van der Waals surface area contributed by atoms with Crippen molar-refractivity contribution in [3.05, 3.63) is 53.8 Å². The molecule has 2 aromatic rings. The summed E-state index contributed by atoms with van der Waals surface area (Å²) in [6, 6.07) is 10.8. The maximum absolute atomic E-state index is 13.3. The second kappa shape index (κ2) is 8.00. The van der Waals surface area contributed by atoms with Gasteiger partial charge in [0.05, 0.1) is 12.2 Å². The third kappa shape index (κ3) is 3.95. The van der Waals surface area contributed by atoms with Crippen LogP contribution in [0.15, 0.2) is 42.5 Å². The topological polar surface area (TPSA) is 88.2 Å². The number of fused-ring (bicyclic) bond motifs is 1. The van der Waals surface area contributed by atoms with Crippen molar-refractivity contribution >= 4 is 29.3 Å². The van der Waals surface area contributed by atoms with Crippen LogP contribution in [0.4, 0.5) is 20.6 Å². The Morgan fingerprint density at radius 3 is 2.56 bits per heavy atom. The molecular weight excluding hydrogens is 441 g/mol. The van der Waals surface area contributed by atoms with Crippen LogP contribution in [0.5, 0.6) is 5.75 Å². The molecule has 3 aliphatic heterocycles. The molecule has 1 spiro atoms. The van der Waals surface area contributed by atoms with Gasteiger partial charge in [-0.05, 0) is 69.2 Å². The average Bonchev–Trinajstić information content (AvgIpc) is 2.98. The summed E-state index contributed by atoms with van der Waals surface area (Å²) in [4.78, 5) is 41.3. The summed E-state index contributed by atoms with van der Waals surface area (Å²) in [6.45, 7) is 4.68. The molecule has 1 atom stereocenters. The predicted octanol–water partition coefficient (Wildman–Crippen LogP) is 3.96. The molecule has 3 amide bonds. The second-order valence-corrected chi connectivity index (χ2v) is 9.54. The first kappa shape index (κ1) is 22.2. The van der Waals surface area contributed by atoms with Crippen LogP contribution in [-0.4, -0.2) is 53.6 Å². The Hall–Kier alpha value is -3.62. The predicted molar refractivity (Wildman–Crippen MR) is 122 cm³/mol. The van der Waals surface area contributed by atoms with Gasteiger partial charge in [-0.25, -0.2) is 9.18 Å². The molecule has 8 nitrogen and oxygen atoms in total. The van der Waals surface area contributed by atoms with E-state index in [2.05, 4.69) is 5.32 Å². The molecule has 3 aliphatic rings. The number of likely N-dealkylation sites (tertiary alicyclic amines) is 1. The highest BCUT2D eigenvalue weighted by molar-refractivity contribution is 6.02. The van der Waals surface area contributed by atoms with E-state index in [4.69, 9.17) is 9.47 Å². The number of hydrogen-bond donors (Lipinski definition) is 1. The van der Waals surface area contributed by atoms with Gasteiger partial charge in [-0.3, -0.25) is 14.5 Å². The minimum atomic E-state index is -0.974. The normalized spacial score (nSPS) is 23.6. The van der Waals surface area contributed by atoms with E-state index in [-0.39, 0.29) is 17.6 Å². The molecule has 0 unspecified atom stereocenters. The van der Waals surface area contributed by atoms with Crippen molar-refractivity contribution in [1.29, 1.82) is 0 Å². The number of nitrogens with zero attached hydrogens (tertiary/aromatic N) is 2. The zero-order valence-corrected chi connectivity index (χ0v) is 19.1. The Labute approximate surface area is 196 Å². The minimum Gasteiger partial charge on any atom is -0.476 e. The van der Waals surface area contributed by atoms with Gasteiger partial charge in [-0.15, -0.1) is 0 Å². The Balaban J connectivity index is 1.29. The summed E-state index contributed by atoms with van der Waals surface area (Å²) in [7, 11) is 0. The minimum absolute atomic E-state index is 0.154. The summed E-state index contributed by atoms with van der Waals surface area (Å²) in [5, 5.41) is 2.81. The van der Waals surface area contributed by atoms with Crippen LogP contribution >= 0.6 is 0 Å².